The maximum atomic E-state index is 13.8. The van der Waals surface area contributed by atoms with E-state index in [0.29, 0.717) is 23.1 Å². The average Bonchev–Trinajstić information content (AvgIpc) is 3.19. The molecule has 0 saturated carbocycles. The third kappa shape index (κ3) is 5.79. The molecular formula is C28H20Cl2N2O7. The van der Waals surface area contributed by atoms with Gasteiger partial charge in [-0.3, -0.25) is 19.3 Å². The van der Waals surface area contributed by atoms with Gasteiger partial charge in [0, 0.05) is 29.1 Å². The Hall–Kier alpha value is -4.60. The molecule has 198 valence electrons. The normalized spacial score (nSPS) is 15.1. The number of ketones is 1. The highest BCUT2D eigenvalue weighted by molar-refractivity contribution is 6.42. The van der Waals surface area contributed by atoms with Crippen LogP contribution in [-0.2, 0) is 14.4 Å². The van der Waals surface area contributed by atoms with E-state index >= 15 is 0 Å². The molecule has 1 unspecified atom stereocenters. The fraction of sp³-hybridized carbons (Fsp3) is 0.0714. The number of nitrogens with one attached hydrogen (secondary N) is 1. The van der Waals surface area contributed by atoms with Gasteiger partial charge < -0.3 is 20.3 Å². The molecule has 39 heavy (non-hydrogen) atoms. The van der Waals surface area contributed by atoms with Crippen LogP contribution in [0.3, 0.4) is 0 Å². The van der Waals surface area contributed by atoms with Crippen LogP contribution >= 0.6 is 23.2 Å². The SMILES string of the molecule is COc1ccc(N2C(=O)C(O)=C(C(=O)c3cccc(NC(=O)C=CC(=O)O)c3)C2c2ccc(Cl)c(Cl)c2)cc1. The topological polar surface area (TPSA) is 133 Å². The summed E-state index contributed by atoms with van der Waals surface area (Å²) in [6.07, 6.45) is 1.50. The summed E-state index contributed by atoms with van der Waals surface area (Å²) in [7, 11) is 1.50. The Morgan fingerprint density at radius 2 is 1.69 bits per heavy atom. The number of Topliss-reactive ketones (excluding diaryl/α,β-unsaturated/α-hetero) is 1. The summed E-state index contributed by atoms with van der Waals surface area (Å²) in [5, 5.41) is 22.6. The van der Waals surface area contributed by atoms with Crippen molar-refractivity contribution in [1.29, 1.82) is 0 Å². The van der Waals surface area contributed by atoms with E-state index in [1.807, 2.05) is 0 Å². The van der Waals surface area contributed by atoms with Gasteiger partial charge in [0.15, 0.2) is 11.5 Å². The second kappa shape index (κ2) is 11.4. The van der Waals surface area contributed by atoms with Crippen LogP contribution in [0, 0.1) is 0 Å². The number of carboxylic acid groups (broad SMARTS) is 1. The number of amides is 2. The third-order valence-electron chi connectivity index (χ3n) is 5.83. The Bertz CT molecular complexity index is 1550. The lowest BCUT2D eigenvalue weighted by Gasteiger charge is -2.27. The number of benzene rings is 3. The van der Waals surface area contributed by atoms with Crippen LogP contribution in [-0.4, -0.2) is 40.9 Å². The Balaban J connectivity index is 1.77. The first-order valence-electron chi connectivity index (χ1n) is 11.3. The number of hydrogen-bond acceptors (Lipinski definition) is 6. The van der Waals surface area contributed by atoms with Gasteiger partial charge in [-0.25, -0.2) is 4.79 Å². The maximum Gasteiger partial charge on any atom is 0.328 e. The summed E-state index contributed by atoms with van der Waals surface area (Å²) in [5.74, 6) is -3.70. The molecule has 1 aliphatic heterocycles. The summed E-state index contributed by atoms with van der Waals surface area (Å²) in [6.45, 7) is 0. The van der Waals surface area contributed by atoms with Gasteiger partial charge in [0.05, 0.1) is 28.8 Å². The number of ether oxygens (including phenoxy) is 1. The Kier molecular flexibility index (Phi) is 8.04. The van der Waals surface area contributed by atoms with Crippen LogP contribution in [0.15, 0.2) is 90.2 Å². The molecule has 0 aliphatic carbocycles. The molecule has 0 radical (unpaired) electrons. The van der Waals surface area contributed by atoms with Gasteiger partial charge in [-0.2, -0.15) is 0 Å². The highest BCUT2D eigenvalue weighted by atomic mass is 35.5. The van der Waals surface area contributed by atoms with Crippen molar-refractivity contribution in [3.8, 4) is 5.75 Å². The second-order valence-electron chi connectivity index (χ2n) is 8.28. The van der Waals surface area contributed by atoms with E-state index in [2.05, 4.69) is 5.32 Å². The van der Waals surface area contributed by atoms with Crippen molar-refractivity contribution >= 4 is 58.1 Å². The molecule has 3 aromatic rings. The highest BCUT2D eigenvalue weighted by Gasteiger charge is 2.44. The molecule has 4 rings (SSSR count). The number of carbonyl (C=O) groups excluding carboxylic acids is 3. The number of aliphatic hydroxyl groups excluding tert-OH is 1. The van der Waals surface area contributed by atoms with Crippen molar-refractivity contribution in [2.45, 2.75) is 6.04 Å². The number of hydrogen-bond donors (Lipinski definition) is 3. The van der Waals surface area contributed by atoms with E-state index in [4.69, 9.17) is 33.0 Å². The molecule has 11 heteroatoms. The fourth-order valence-corrected chi connectivity index (χ4v) is 4.38. The van der Waals surface area contributed by atoms with E-state index in [-0.39, 0.29) is 26.9 Å². The Morgan fingerprint density at radius 1 is 0.974 bits per heavy atom. The number of carbonyl (C=O) groups is 4. The molecule has 1 heterocycles. The van der Waals surface area contributed by atoms with Crippen molar-refractivity contribution in [3.63, 3.8) is 0 Å². The van der Waals surface area contributed by atoms with E-state index in [1.165, 1.54) is 48.4 Å². The zero-order chi connectivity index (χ0) is 28.3. The molecule has 0 bridgehead atoms. The predicted molar refractivity (Wildman–Crippen MR) is 146 cm³/mol. The first-order chi connectivity index (χ1) is 18.6. The van der Waals surface area contributed by atoms with E-state index in [9.17, 15) is 24.3 Å². The lowest BCUT2D eigenvalue weighted by Crippen LogP contribution is -2.31. The van der Waals surface area contributed by atoms with Crippen LogP contribution in [0.1, 0.15) is 22.0 Å². The number of anilines is 2. The number of rotatable bonds is 8. The number of aliphatic carboxylic acids is 1. The average molecular weight is 567 g/mol. The van der Waals surface area contributed by atoms with Crippen LogP contribution in [0.4, 0.5) is 11.4 Å². The van der Waals surface area contributed by atoms with E-state index < -0.39 is 35.4 Å². The fourth-order valence-electron chi connectivity index (χ4n) is 4.07. The van der Waals surface area contributed by atoms with Crippen molar-refractivity contribution in [1.82, 2.24) is 0 Å². The van der Waals surface area contributed by atoms with E-state index in [0.717, 1.165) is 6.08 Å². The maximum absolute atomic E-state index is 13.8. The van der Waals surface area contributed by atoms with Crippen LogP contribution in [0.2, 0.25) is 10.0 Å². The van der Waals surface area contributed by atoms with Crippen LogP contribution in [0.25, 0.3) is 0 Å². The second-order valence-corrected chi connectivity index (χ2v) is 9.10. The summed E-state index contributed by atoms with van der Waals surface area (Å²) in [5.41, 5.74) is 0.861. The van der Waals surface area contributed by atoms with Crippen molar-refractivity contribution < 1.29 is 34.1 Å². The monoisotopic (exact) mass is 566 g/mol. The summed E-state index contributed by atoms with van der Waals surface area (Å²) >= 11 is 12.4. The third-order valence-corrected chi connectivity index (χ3v) is 6.57. The first-order valence-corrected chi connectivity index (χ1v) is 12.1. The van der Waals surface area contributed by atoms with Gasteiger partial charge in [0.1, 0.15) is 5.75 Å². The minimum Gasteiger partial charge on any atom is -0.503 e. The van der Waals surface area contributed by atoms with Crippen molar-refractivity contribution in [3.05, 3.63) is 111 Å². The van der Waals surface area contributed by atoms with Crippen LogP contribution in [0.5, 0.6) is 5.75 Å². The lowest BCUT2D eigenvalue weighted by molar-refractivity contribution is -0.131. The van der Waals surface area contributed by atoms with Gasteiger partial charge in [-0.05, 0) is 54.1 Å². The minimum absolute atomic E-state index is 0.0611. The summed E-state index contributed by atoms with van der Waals surface area (Å²) in [6, 6.07) is 15.9. The molecular weight excluding hydrogens is 547 g/mol. The summed E-state index contributed by atoms with van der Waals surface area (Å²) < 4.78 is 5.19. The number of aliphatic hydroxyl groups is 1. The molecule has 2 amide bonds. The number of nitrogens with zero attached hydrogens (tertiary/aromatic N) is 1. The molecule has 0 aromatic heterocycles. The zero-order valence-corrected chi connectivity index (χ0v) is 21.7. The van der Waals surface area contributed by atoms with E-state index in [1.54, 1.807) is 30.3 Å². The molecule has 1 aliphatic rings. The molecule has 0 saturated heterocycles. The van der Waals surface area contributed by atoms with Gasteiger partial charge in [-0.1, -0.05) is 41.4 Å². The Labute approximate surface area is 232 Å². The summed E-state index contributed by atoms with van der Waals surface area (Å²) in [4.78, 5) is 51.1. The molecule has 9 nitrogen and oxygen atoms in total. The molecule has 0 spiro atoms. The lowest BCUT2D eigenvalue weighted by atomic mass is 9.92. The largest absolute Gasteiger partial charge is 0.503 e. The zero-order valence-electron chi connectivity index (χ0n) is 20.2. The smallest absolute Gasteiger partial charge is 0.328 e. The minimum atomic E-state index is -1.29. The molecule has 3 N–H and O–H groups in total. The van der Waals surface area contributed by atoms with Crippen LogP contribution < -0.4 is 15.0 Å². The molecule has 3 aromatic carbocycles. The standard InChI is InChI=1S/C28H20Cl2N2O7/c1-39-19-8-6-18(7-9-19)32-25(15-5-10-20(29)21(30)14-15)24(27(37)28(32)38)26(36)16-3-2-4-17(13-16)31-22(33)11-12-23(34)35/h2-14,25,37H,1H3,(H,31,33)(H,34,35). The highest BCUT2D eigenvalue weighted by Crippen LogP contribution is 2.43. The number of carboxylic acids is 1. The van der Waals surface area contributed by atoms with Gasteiger partial charge in [0.25, 0.3) is 5.91 Å². The first kappa shape index (κ1) is 27.4. The molecule has 1 atom stereocenters. The quantitative estimate of drug-likeness (QED) is 0.246. The molecule has 0 fully saturated rings. The Morgan fingerprint density at radius 3 is 2.33 bits per heavy atom. The number of halogens is 2. The predicted octanol–water partition coefficient (Wildman–Crippen LogP) is 5.36. The van der Waals surface area contributed by atoms with Gasteiger partial charge in [0.2, 0.25) is 5.91 Å². The van der Waals surface area contributed by atoms with Gasteiger partial charge >= 0.3 is 5.97 Å². The van der Waals surface area contributed by atoms with Crippen molar-refractivity contribution in [2.24, 2.45) is 0 Å². The van der Waals surface area contributed by atoms with Crippen molar-refractivity contribution in [2.75, 3.05) is 17.3 Å². The van der Waals surface area contributed by atoms with Gasteiger partial charge in [-0.15, -0.1) is 0 Å². The number of methoxy groups -OCH3 is 1.